The largest absolute Gasteiger partial charge is 0.441 e. The highest BCUT2D eigenvalue weighted by atomic mass is 32.2. The van der Waals surface area contributed by atoms with Gasteiger partial charge in [0, 0.05) is 24.4 Å². The number of benzene rings is 1. The molecule has 1 saturated heterocycles. The predicted octanol–water partition coefficient (Wildman–Crippen LogP) is 3.13. The highest BCUT2D eigenvalue weighted by molar-refractivity contribution is 7.99. The lowest BCUT2D eigenvalue weighted by atomic mass is 10.2. The van der Waals surface area contributed by atoms with Crippen LogP contribution in [-0.4, -0.2) is 47.3 Å². The zero-order valence-electron chi connectivity index (χ0n) is 14.0. The molecule has 0 spiro atoms. The molecule has 0 N–H and O–H groups in total. The Morgan fingerprint density at radius 3 is 2.71 bits per heavy atom. The summed E-state index contributed by atoms with van der Waals surface area (Å²) in [4.78, 5) is 18.9. The summed E-state index contributed by atoms with van der Waals surface area (Å²) in [5.74, 6) is 2.29. The minimum absolute atomic E-state index is 0.0978. The Morgan fingerprint density at radius 1 is 1.29 bits per heavy atom. The number of aromatic nitrogens is 1. The highest BCUT2D eigenvalue weighted by Gasteiger charge is 2.23. The van der Waals surface area contributed by atoms with E-state index in [1.807, 2.05) is 49.1 Å². The second kappa shape index (κ2) is 7.85. The summed E-state index contributed by atoms with van der Waals surface area (Å²) in [5.41, 5.74) is 1.87. The van der Waals surface area contributed by atoms with E-state index in [0.717, 1.165) is 17.0 Å². The van der Waals surface area contributed by atoms with Gasteiger partial charge >= 0.3 is 0 Å². The van der Waals surface area contributed by atoms with Crippen LogP contribution >= 0.6 is 11.8 Å². The molecule has 1 atom stereocenters. The first-order valence-electron chi connectivity index (χ1n) is 8.15. The average molecular weight is 346 g/mol. The van der Waals surface area contributed by atoms with E-state index in [1.165, 1.54) is 0 Å². The smallest absolute Gasteiger partial charge is 0.235 e. The van der Waals surface area contributed by atoms with Crippen molar-refractivity contribution in [2.45, 2.75) is 24.9 Å². The van der Waals surface area contributed by atoms with E-state index in [-0.39, 0.29) is 11.2 Å². The van der Waals surface area contributed by atoms with Gasteiger partial charge in [-0.25, -0.2) is 4.98 Å². The average Bonchev–Trinajstić information content (AvgIpc) is 3.01. The Bertz CT molecular complexity index is 681. The lowest BCUT2D eigenvalue weighted by Crippen LogP contribution is -2.44. The van der Waals surface area contributed by atoms with E-state index < -0.39 is 0 Å². The lowest BCUT2D eigenvalue weighted by Gasteiger charge is -2.29. The third-order valence-corrected chi connectivity index (χ3v) is 5.20. The molecule has 0 aliphatic carbocycles. The summed E-state index contributed by atoms with van der Waals surface area (Å²) in [6.07, 6.45) is 0. The van der Waals surface area contributed by atoms with Crippen molar-refractivity contribution in [1.82, 2.24) is 9.88 Å². The van der Waals surface area contributed by atoms with Crippen LogP contribution in [0.15, 0.2) is 34.7 Å². The van der Waals surface area contributed by atoms with Crippen LogP contribution in [0.4, 0.5) is 0 Å². The SMILES string of the molecule is Cc1oc(-c2ccccc2)nc1CSC(C)C(=O)N1CCOCC1. The van der Waals surface area contributed by atoms with Gasteiger partial charge in [-0.1, -0.05) is 18.2 Å². The molecule has 1 aliphatic heterocycles. The number of ether oxygens (including phenoxy) is 1. The van der Waals surface area contributed by atoms with Gasteiger partial charge in [0.2, 0.25) is 11.8 Å². The Morgan fingerprint density at radius 2 is 2.00 bits per heavy atom. The van der Waals surface area contributed by atoms with E-state index in [4.69, 9.17) is 9.15 Å². The molecule has 1 aliphatic rings. The van der Waals surface area contributed by atoms with Crippen molar-refractivity contribution >= 4 is 17.7 Å². The Hall–Kier alpha value is -1.79. The number of hydrogen-bond donors (Lipinski definition) is 0. The fourth-order valence-electron chi connectivity index (χ4n) is 2.58. The van der Waals surface area contributed by atoms with Crippen LogP contribution in [-0.2, 0) is 15.3 Å². The second-order valence-corrected chi connectivity index (χ2v) is 7.11. The van der Waals surface area contributed by atoms with Crippen molar-refractivity contribution < 1.29 is 13.9 Å². The van der Waals surface area contributed by atoms with Gasteiger partial charge in [-0.05, 0) is 26.0 Å². The van der Waals surface area contributed by atoms with Gasteiger partial charge in [-0.2, -0.15) is 0 Å². The maximum Gasteiger partial charge on any atom is 0.235 e. The summed E-state index contributed by atoms with van der Waals surface area (Å²) < 4.78 is 11.1. The van der Waals surface area contributed by atoms with E-state index >= 15 is 0 Å². The minimum atomic E-state index is -0.0978. The van der Waals surface area contributed by atoms with Gasteiger partial charge in [0.1, 0.15) is 5.76 Å². The number of thioether (sulfide) groups is 1. The first-order valence-corrected chi connectivity index (χ1v) is 9.20. The van der Waals surface area contributed by atoms with E-state index in [9.17, 15) is 4.79 Å². The molecule has 6 heteroatoms. The summed E-state index contributed by atoms with van der Waals surface area (Å²) in [5, 5.41) is -0.0978. The van der Waals surface area contributed by atoms with Gasteiger partial charge < -0.3 is 14.1 Å². The topological polar surface area (TPSA) is 55.6 Å². The lowest BCUT2D eigenvalue weighted by molar-refractivity contribution is -0.134. The zero-order chi connectivity index (χ0) is 16.9. The van der Waals surface area contributed by atoms with Gasteiger partial charge in [-0.3, -0.25) is 4.79 Å². The molecule has 1 aromatic carbocycles. The summed E-state index contributed by atoms with van der Waals surface area (Å²) in [7, 11) is 0. The van der Waals surface area contributed by atoms with Crippen LogP contribution < -0.4 is 0 Å². The van der Waals surface area contributed by atoms with Gasteiger partial charge in [0.15, 0.2) is 0 Å². The molecule has 3 rings (SSSR count). The van der Waals surface area contributed by atoms with Gasteiger partial charge in [0.25, 0.3) is 0 Å². The summed E-state index contributed by atoms with van der Waals surface area (Å²) in [6.45, 7) is 6.51. The number of oxazole rings is 1. The summed E-state index contributed by atoms with van der Waals surface area (Å²) in [6, 6.07) is 9.85. The predicted molar refractivity (Wildman–Crippen MR) is 94.8 cm³/mol. The molecule has 5 nitrogen and oxygen atoms in total. The third-order valence-electron chi connectivity index (χ3n) is 4.05. The van der Waals surface area contributed by atoms with Crippen LogP contribution in [0.5, 0.6) is 0 Å². The molecule has 1 unspecified atom stereocenters. The Kier molecular flexibility index (Phi) is 5.58. The fraction of sp³-hybridized carbons (Fsp3) is 0.444. The van der Waals surface area contributed by atoms with Crippen LogP contribution in [0.1, 0.15) is 18.4 Å². The number of amides is 1. The first-order chi connectivity index (χ1) is 11.6. The van der Waals surface area contributed by atoms with E-state index in [2.05, 4.69) is 4.98 Å². The van der Waals surface area contributed by atoms with Crippen LogP contribution in [0, 0.1) is 6.92 Å². The molecule has 1 aromatic heterocycles. The van der Waals surface area contributed by atoms with E-state index in [0.29, 0.717) is 37.9 Å². The molecule has 0 saturated carbocycles. The minimum Gasteiger partial charge on any atom is -0.441 e. The number of aryl methyl sites for hydroxylation is 1. The highest BCUT2D eigenvalue weighted by Crippen LogP contribution is 2.26. The maximum atomic E-state index is 12.4. The van der Waals surface area contributed by atoms with Crippen LogP contribution in [0.2, 0.25) is 0 Å². The number of carbonyl (C=O) groups is 1. The molecule has 128 valence electrons. The molecule has 1 amide bonds. The van der Waals surface area contributed by atoms with Crippen molar-refractivity contribution in [3.63, 3.8) is 0 Å². The molecule has 2 aromatic rings. The fourth-order valence-corrected chi connectivity index (χ4v) is 3.55. The van der Waals surface area contributed by atoms with Crippen LogP contribution in [0.3, 0.4) is 0 Å². The molecule has 24 heavy (non-hydrogen) atoms. The van der Waals surface area contributed by atoms with Crippen LogP contribution in [0.25, 0.3) is 11.5 Å². The number of nitrogens with zero attached hydrogens (tertiary/aromatic N) is 2. The first kappa shape index (κ1) is 17.0. The summed E-state index contributed by atoms with van der Waals surface area (Å²) >= 11 is 1.60. The standard InChI is InChI=1S/C18H22N2O3S/c1-13-16(19-17(23-13)15-6-4-3-5-7-15)12-24-14(2)18(21)20-8-10-22-11-9-20/h3-7,14H,8-12H2,1-2H3. The Labute approximate surface area is 146 Å². The monoisotopic (exact) mass is 346 g/mol. The number of rotatable bonds is 5. The zero-order valence-corrected chi connectivity index (χ0v) is 14.8. The van der Waals surface area contributed by atoms with Crippen molar-refractivity contribution in [2.24, 2.45) is 0 Å². The number of hydrogen-bond acceptors (Lipinski definition) is 5. The maximum absolute atomic E-state index is 12.4. The van der Waals surface area contributed by atoms with Gasteiger partial charge in [-0.15, -0.1) is 11.8 Å². The molecule has 0 bridgehead atoms. The molecular weight excluding hydrogens is 324 g/mol. The van der Waals surface area contributed by atoms with Gasteiger partial charge in [0.05, 0.1) is 24.2 Å². The van der Waals surface area contributed by atoms with Crippen molar-refractivity contribution in [1.29, 1.82) is 0 Å². The second-order valence-electron chi connectivity index (χ2n) is 5.78. The van der Waals surface area contributed by atoms with E-state index in [1.54, 1.807) is 11.8 Å². The number of morpholine rings is 1. The molecule has 2 heterocycles. The molecular formula is C18H22N2O3S. The molecule has 0 radical (unpaired) electrons. The third kappa shape index (κ3) is 3.99. The molecule has 1 fully saturated rings. The Balaban J connectivity index is 1.60. The van der Waals surface area contributed by atoms with Crippen molar-refractivity contribution in [3.8, 4) is 11.5 Å². The van der Waals surface area contributed by atoms with Crippen molar-refractivity contribution in [2.75, 3.05) is 26.3 Å². The van der Waals surface area contributed by atoms with Crippen molar-refractivity contribution in [3.05, 3.63) is 41.8 Å². The normalized spacial score (nSPS) is 16.2. The number of carbonyl (C=O) groups excluding carboxylic acids is 1. The quantitative estimate of drug-likeness (QED) is 0.832.